The molecule has 0 bridgehead atoms. The van der Waals surface area contributed by atoms with E-state index in [-0.39, 0.29) is 30.5 Å². The molecular weight excluding hydrogens is 261 g/mol. The molecule has 0 radical (unpaired) electrons. The number of halogens is 3. The number of alkyl halides is 3. The Hall–Kier alpha value is -2.05. The normalized spacial score (nSPS) is 10.9. The molecule has 2 N–H and O–H groups in total. The third kappa shape index (κ3) is 5.41. The summed E-state index contributed by atoms with van der Waals surface area (Å²) in [7, 11) is 0. The molecular formula is C12H13F3N2O2. The zero-order chi connectivity index (χ0) is 14.5. The summed E-state index contributed by atoms with van der Waals surface area (Å²) in [6.07, 6.45) is -4.34. The number of benzene rings is 1. The summed E-state index contributed by atoms with van der Waals surface area (Å²) in [5.41, 5.74) is -0.496. The molecule has 4 nitrogen and oxygen atoms in total. The highest BCUT2D eigenvalue weighted by Gasteiger charge is 2.29. The second-order valence-electron chi connectivity index (χ2n) is 3.86. The molecule has 0 saturated carbocycles. The van der Waals surface area contributed by atoms with Crippen molar-refractivity contribution in [1.29, 1.82) is 0 Å². The van der Waals surface area contributed by atoms with Crippen molar-refractivity contribution in [2.75, 3.05) is 11.9 Å². The summed E-state index contributed by atoms with van der Waals surface area (Å²) >= 11 is 0. The van der Waals surface area contributed by atoms with E-state index in [9.17, 15) is 22.8 Å². The number of anilines is 1. The van der Waals surface area contributed by atoms with Crippen LogP contribution in [-0.4, -0.2) is 18.4 Å². The highest BCUT2D eigenvalue weighted by Crippen LogP contribution is 2.29. The number of hydrogen-bond donors (Lipinski definition) is 2. The zero-order valence-corrected chi connectivity index (χ0v) is 10.2. The van der Waals surface area contributed by atoms with Gasteiger partial charge in [-0.1, -0.05) is 0 Å². The number of carbonyl (C=O) groups is 2. The zero-order valence-electron chi connectivity index (χ0n) is 10.2. The highest BCUT2D eigenvalue weighted by molar-refractivity contribution is 5.91. The van der Waals surface area contributed by atoms with Crippen molar-refractivity contribution < 1.29 is 22.8 Å². The molecule has 0 aliphatic heterocycles. The number of nitrogens with one attached hydrogen (secondary N) is 2. The first-order chi connectivity index (χ1) is 8.79. The van der Waals surface area contributed by atoms with Crippen LogP contribution in [0.1, 0.15) is 18.9 Å². The molecule has 0 unspecified atom stereocenters. The summed E-state index contributed by atoms with van der Waals surface area (Å²) in [4.78, 5) is 22.0. The van der Waals surface area contributed by atoms with E-state index in [4.69, 9.17) is 0 Å². The molecule has 0 aromatic heterocycles. The second-order valence-corrected chi connectivity index (χ2v) is 3.86. The second kappa shape index (κ2) is 6.21. The van der Waals surface area contributed by atoms with Crippen molar-refractivity contribution in [2.45, 2.75) is 19.5 Å². The lowest BCUT2D eigenvalue weighted by Gasteiger charge is -2.09. The fourth-order valence-electron chi connectivity index (χ4n) is 1.32. The molecule has 0 atom stereocenters. The first-order valence-corrected chi connectivity index (χ1v) is 5.50. The van der Waals surface area contributed by atoms with E-state index in [2.05, 4.69) is 10.6 Å². The smallest absolute Gasteiger partial charge is 0.356 e. The van der Waals surface area contributed by atoms with E-state index in [1.807, 2.05) is 0 Å². The molecule has 104 valence electrons. The fourth-order valence-corrected chi connectivity index (χ4v) is 1.32. The van der Waals surface area contributed by atoms with Crippen molar-refractivity contribution in [3.63, 3.8) is 0 Å². The summed E-state index contributed by atoms with van der Waals surface area (Å²) in [6.45, 7) is 1.51. The predicted octanol–water partition coefficient (Wildman–Crippen LogP) is 2.17. The van der Waals surface area contributed by atoms with E-state index < -0.39 is 11.7 Å². The number of carbonyl (C=O) groups excluding carboxylic acids is 2. The van der Waals surface area contributed by atoms with Gasteiger partial charge >= 0.3 is 6.18 Å². The van der Waals surface area contributed by atoms with Gasteiger partial charge in [0.25, 0.3) is 0 Å². The van der Waals surface area contributed by atoms with E-state index in [0.717, 1.165) is 12.1 Å². The van der Waals surface area contributed by atoms with Gasteiger partial charge < -0.3 is 10.6 Å². The Kier molecular flexibility index (Phi) is 4.91. The number of hydrogen-bond acceptors (Lipinski definition) is 2. The molecule has 1 aromatic rings. The van der Waals surface area contributed by atoms with Crippen LogP contribution >= 0.6 is 0 Å². The van der Waals surface area contributed by atoms with Crippen LogP contribution in [0.2, 0.25) is 0 Å². The molecule has 0 saturated heterocycles. The van der Waals surface area contributed by atoms with E-state index >= 15 is 0 Å². The monoisotopic (exact) mass is 274 g/mol. The largest absolute Gasteiger partial charge is 0.416 e. The maximum Gasteiger partial charge on any atom is 0.416 e. The van der Waals surface area contributed by atoms with Crippen LogP contribution in [0.5, 0.6) is 0 Å². The van der Waals surface area contributed by atoms with Crippen molar-refractivity contribution in [3.05, 3.63) is 29.8 Å². The molecule has 1 rings (SSSR count). The van der Waals surface area contributed by atoms with Crippen LogP contribution in [0.25, 0.3) is 0 Å². The number of rotatable bonds is 4. The molecule has 0 fully saturated rings. The Morgan fingerprint density at radius 3 is 2.21 bits per heavy atom. The molecule has 0 spiro atoms. The minimum absolute atomic E-state index is 0.0562. The maximum atomic E-state index is 12.3. The lowest BCUT2D eigenvalue weighted by molar-refractivity contribution is -0.137. The van der Waals surface area contributed by atoms with Crippen molar-refractivity contribution in [2.24, 2.45) is 0 Å². The van der Waals surface area contributed by atoms with E-state index in [1.165, 1.54) is 19.1 Å². The van der Waals surface area contributed by atoms with Gasteiger partial charge in [-0.25, -0.2) is 0 Å². The summed E-state index contributed by atoms with van der Waals surface area (Å²) in [5, 5.41) is 4.88. The van der Waals surface area contributed by atoms with E-state index in [0.29, 0.717) is 0 Å². The lowest BCUT2D eigenvalue weighted by Crippen LogP contribution is -2.25. The molecule has 0 aliphatic rings. The molecule has 7 heteroatoms. The molecule has 0 heterocycles. The highest BCUT2D eigenvalue weighted by atomic mass is 19.4. The average molecular weight is 274 g/mol. The fraction of sp³-hybridized carbons (Fsp3) is 0.333. The minimum atomic E-state index is -4.39. The Labute approximate surface area is 108 Å². The summed E-state index contributed by atoms with van der Waals surface area (Å²) in [5.74, 6) is -0.629. The maximum absolute atomic E-state index is 12.3. The topological polar surface area (TPSA) is 58.2 Å². The Balaban J connectivity index is 2.49. The van der Waals surface area contributed by atoms with Crippen LogP contribution < -0.4 is 10.6 Å². The van der Waals surface area contributed by atoms with Crippen molar-refractivity contribution >= 4 is 17.5 Å². The van der Waals surface area contributed by atoms with Gasteiger partial charge in [-0.2, -0.15) is 13.2 Å². The standard InChI is InChI=1S/C12H13F3N2O2/c1-8(18)16-7-6-11(19)17-10-4-2-9(3-5-10)12(13,14)15/h2-5H,6-7H2,1H3,(H,16,18)(H,17,19). The van der Waals surface area contributed by atoms with Crippen LogP contribution in [0, 0.1) is 0 Å². The summed E-state index contributed by atoms with van der Waals surface area (Å²) in [6, 6.07) is 4.14. The SMILES string of the molecule is CC(=O)NCCC(=O)Nc1ccc(C(F)(F)F)cc1. The van der Waals surface area contributed by atoms with Gasteiger partial charge in [0.15, 0.2) is 0 Å². The van der Waals surface area contributed by atoms with Crippen molar-refractivity contribution in [3.8, 4) is 0 Å². The van der Waals surface area contributed by atoms with Gasteiger partial charge in [0.1, 0.15) is 0 Å². The van der Waals surface area contributed by atoms with Crippen LogP contribution in [0.4, 0.5) is 18.9 Å². The van der Waals surface area contributed by atoms with Crippen molar-refractivity contribution in [1.82, 2.24) is 5.32 Å². The third-order valence-corrected chi connectivity index (χ3v) is 2.22. The molecule has 2 amide bonds. The van der Waals surface area contributed by atoms with Gasteiger partial charge in [-0.15, -0.1) is 0 Å². The van der Waals surface area contributed by atoms with Gasteiger partial charge in [-0.3, -0.25) is 9.59 Å². The van der Waals surface area contributed by atoms with Crippen LogP contribution in [0.15, 0.2) is 24.3 Å². The predicted molar refractivity (Wildman–Crippen MR) is 63.4 cm³/mol. The van der Waals surface area contributed by atoms with E-state index in [1.54, 1.807) is 0 Å². The van der Waals surface area contributed by atoms with Gasteiger partial charge in [0, 0.05) is 25.6 Å². The van der Waals surface area contributed by atoms with Gasteiger partial charge in [0.05, 0.1) is 5.56 Å². The number of amides is 2. The Morgan fingerprint density at radius 1 is 1.16 bits per heavy atom. The van der Waals surface area contributed by atoms with Crippen LogP contribution in [0.3, 0.4) is 0 Å². The lowest BCUT2D eigenvalue weighted by atomic mass is 10.2. The molecule has 19 heavy (non-hydrogen) atoms. The quantitative estimate of drug-likeness (QED) is 0.884. The Morgan fingerprint density at radius 2 is 1.74 bits per heavy atom. The summed E-state index contributed by atoms with van der Waals surface area (Å²) < 4.78 is 36.9. The molecule has 0 aliphatic carbocycles. The average Bonchev–Trinajstić information content (AvgIpc) is 2.27. The third-order valence-electron chi connectivity index (χ3n) is 2.22. The first kappa shape index (κ1) is 15.0. The molecule has 1 aromatic carbocycles. The Bertz CT molecular complexity index is 455. The van der Waals surface area contributed by atoms with Crippen LogP contribution in [-0.2, 0) is 15.8 Å². The van der Waals surface area contributed by atoms with Gasteiger partial charge in [-0.05, 0) is 24.3 Å². The first-order valence-electron chi connectivity index (χ1n) is 5.50. The van der Waals surface area contributed by atoms with Gasteiger partial charge in [0.2, 0.25) is 11.8 Å². The minimum Gasteiger partial charge on any atom is -0.356 e.